The van der Waals surface area contributed by atoms with Gasteiger partial charge in [-0.05, 0) is 26.4 Å². The summed E-state index contributed by atoms with van der Waals surface area (Å²) in [5, 5.41) is 8.89. The highest BCUT2D eigenvalue weighted by Crippen LogP contribution is 2.25. The Bertz CT molecular complexity index is 441. The predicted molar refractivity (Wildman–Crippen MR) is 76.6 cm³/mol. The van der Waals surface area contributed by atoms with Gasteiger partial charge in [-0.3, -0.25) is 4.90 Å². The molecule has 20 heavy (non-hydrogen) atoms. The number of hydrogen-bond acceptors (Lipinski definition) is 5. The zero-order valence-electron chi connectivity index (χ0n) is 12.6. The summed E-state index contributed by atoms with van der Waals surface area (Å²) in [5.41, 5.74) is 0. The average molecular weight is 279 g/mol. The highest BCUT2D eigenvalue weighted by atomic mass is 16.5. The number of morpholine rings is 1. The van der Waals surface area contributed by atoms with Gasteiger partial charge in [-0.1, -0.05) is 0 Å². The highest BCUT2D eigenvalue weighted by Gasteiger charge is 2.24. The van der Waals surface area contributed by atoms with Gasteiger partial charge in [0.15, 0.2) is 0 Å². The molecule has 2 aliphatic rings. The van der Waals surface area contributed by atoms with Gasteiger partial charge in [0.05, 0.1) is 19.8 Å². The van der Waals surface area contributed by atoms with Crippen LogP contribution in [0.25, 0.3) is 0 Å². The first-order chi connectivity index (χ1) is 9.74. The molecular formula is C14H25N5O. The Morgan fingerprint density at radius 2 is 1.95 bits per heavy atom. The van der Waals surface area contributed by atoms with E-state index in [1.54, 1.807) is 0 Å². The van der Waals surface area contributed by atoms with Gasteiger partial charge in [0.2, 0.25) is 0 Å². The summed E-state index contributed by atoms with van der Waals surface area (Å²) in [6, 6.07) is 0. The average Bonchev–Trinajstić information content (AvgIpc) is 2.81. The lowest BCUT2D eigenvalue weighted by Crippen LogP contribution is -2.36. The van der Waals surface area contributed by atoms with Crippen molar-refractivity contribution < 1.29 is 4.74 Å². The van der Waals surface area contributed by atoms with Crippen LogP contribution in [0.2, 0.25) is 0 Å². The number of nitrogens with zero attached hydrogens (tertiary/aromatic N) is 5. The molecule has 2 aliphatic heterocycles. The summed E-state index contributed by atoms with van der Waals surface area (Å²) in [6.07, 6.45) is 2.49. The normalized spacial score (nSPS) is 26.0. The number of piperidine rings is 1. The van der Waals surface area contributed by atoms with Gasteiger partial charge < -0.3 is 14.2 Å². The first kappa shape index (κ1) is 14.0. The summed E-state index contributed by atoms with van der Waals surface area (Å²) < 4.78 is 7.60. The number of ether oxygens (including phenoxy) is 1. The molecule has 6 nitrogen and oxygen atoms in total. The van der Waals surface area contributed by atoms with E-state index >= 15 is 0 Å². The largest absolute Gasteiger partial charge is 0.379 e. The highest BCUT2D eigenvalue weighted by molar-refractivity contribution is 5.03. The standard InChI is InChI=1S/C14H25N5O/c1-17-5-3-4-12(10-17)14-16-15-13(18(14)2)11-19-6-8-20-9-7-19/h12H,3-11H2,1-2H3/t12-/m1/s1. The minimum Gasteiger partial charge on any atom is -0.379 e. The van der Waals surface area contributed by atoms with Crippen molar-refractivity contribution in [3.8, 4) is 0 Å². The van der Waals surface area contributed by atoms with E-state index in [9.17, 15) is 0 Å². The minimum atomic E-state index is 0.532. The Morgan fingerprint density at radius 1 is 1.15 bits per heavy atom. The molecule has 0 aliphatic carbocycles. The molecule has 0 radical (unpaired) electrons. The number of likely N-dealkylation sites (tertiary alicyclic amines) is 1. The van der Waals surface area contributed by atoms with E-state index in [4.69, 9.17) is 4.74 Å². The van der Waals surface area contributed by atoms with Crippen molar-refractivity contribution in [2.45, 2.75) is 25.3 Å². The Labute approximate surface area is 120 Å². The second-order valence-electron chi connectivity index (χ2n) is 6.02. The van der Waals surface area contributed by atoms with Gasteiger partial charge in [-0.2, -0.15) is 0 Å². The van der Waals surface area contributed by atoms with Gasteiger partial charge in [0, 0.05) is 32.6 Å². The molecule has 1 aromatic heterocycles. The Kier molecular flexibility index (Phi) is 4.33. The van der Waals surface area contributed by atoms with Crippen LogP contribution in [0.15, 0.2) is 0 Å². The van der Waals surface area contributed by atoms with E-state index in [0.717, 1.165) is 51.0 Å². The van der Waals surface area contributed by atoms with Gasteiger partial charge in [0.25, 0.3) is 0 Å². The molecule has 1 atom stereocenters. The van der Waals surface area contributed by atoms with Crippen LogP contribution in [0.3, 0.4) is 0 Å². The Morgan fingerprint density at radius 3 is 2.70 bits per heavy atom. The maximum Gasteiger partial charge on any atom is 0.146 e. The zero-order chi connectivity index (χ0) is 13.9. The number of rotatable bonds is 3. The third kappa shape index (κ3) is 3.02. The molecule has 3 rings (SSSR count). The van der Waals surface area contributed by atoms with E-state index in [2.05, 4.69) is 38.7 Å². The van der Waals surface area contributed by atoms with Crippen LogP contribution in [0, 0.1) is 0 Å². The maximum absolute atomic E-state index is 5.39. The first-order valence-corrected chi connectivity index (χ1v) is 7.61. The Hall–Kier alpha value is -0.980. The maximum atomic E-state index is 5.39. The van der Waals surface area contributed by atoms with Crippen LogP contribution >= 0.6 is 0 Å². The summed E-state index contributed by atoms with van der Waals surface area (Å²) in [7, 11) is 4.30. The molecule has 3 heterocycles. The van der Waals surface area contributed by atoms with E-state index in [1.807, 2.05) is 0 Å². The second kappa shape index (κ2) is 6.20. The van der Waals surface area contributed by atoms with Gasteiger partial charge >= 0.3 is 0 Å². The fraction of sp³-hybridized carbons (Fsp3) is 0.857. The second-order valence-corrected chi connectivity index (χ2v) is 6.02. The van der Waals surface area contributed by atoms with Crippen LogP contribution in [-0.2, 0) is 18.3 Å². The summed E-state index contributed by atoms with van der Waals surface area (Å²) in [6.45, 7) is 6.84. The summed E-state index contributed by atoms with van der Waals surface area (Å²) >= 11 is 0. The quantitative estimate of drug-likeness (QED) is 0.804. The fourth-order valence-corrected chi connectivity index (χ4v) is 3.20. The fourth-order valence-electron chi connectivity index (χ4n) is 3.20. The number of likely N-dealkylation sites (N-methyl/N-ethyl adjacent to an activating group) is 1. The first-order valence-electron chi connectivity index (χ1n) is 7.61. The zero-order valence-corrected chi connectivity index (χ0v) is 12.6. The van der Waals surface area contributed by atoms with Crippen molar-refractivity contribution in [3.05, 3.63) is 11.6 Å². The molecule has 0 amide bonds. The molecule has 1 aromatic rings. The topological polar surface area (TPSA) is 46.4 Å². The van der Waals surface area contributed by atoms with Crippen molar-refractivity contribution in [1.29, 1.82) is 0 Å². The molecule has 0 unspecified atom stereocenters. The molecule has 112 valence electrons. The van der Waals surface area contributed by atoms with E-state index in [-0.39, 0.29) is 0 Å². The lowest BCUT2D eigenvalue weighted by atomic mass is 9.98. The molecule has 2 fully saturated rings. The summed E-state index contributed by atoms with van der Waals surface area (Å²) in [5.74, 6) is 2.76. The molecule has 6 heteroatoms. The van der Waals surface area contributed by atoms with Crippen molar-refractivity contribution in [1.82, 2.24) is 24.6 Å². The third-order valence-electron chi connectivity index (χ3n) is 4.46. The number of hydrogen-bond donors (Lipinski definition) is 0. The van der Waals surface area contributed by atoms with Crippen molar-refractivity contribution in [2.24, 2.45) is 7.05 Å². The molecular weight excluding hydrogens is 254 g/mol. The minimum absolute atomic E-state index is 0.532. The lowest BCUT2D eigenvalue weighted by Gasteiger charge is -2.29. The van der Waals surface area contributed by atoms with Crippen LogP contribution in [0.4, 0.5) is 0 Å². The van der Waals surface area contributed by atoms with Gasteiger partial charge in [-0.15, -0.1) is 10.2 Å². The van der Waals surface area contributed by atoms with Crippen LogP contribution in [0.5, 0.6) is 0 Å². The van der Waals surface area contributed by atoms with Gasteiger partial charge in [0.1, 0.15) is 11.6 Å². The molecule has 2 saturated heterocycles. The van der Waals surface area contributed by atoms with E-state index in [1.165, 1.54) is 19.4 Å². The molecule has 0 spiro atoms. The molecule has 0 bridgehead atoms. The van der Waals surface area contributed by atoms with E-state index in [0.29, 0.717) is 5.92 Å². The van der Waals surface area contributed by atoms with Crippen molar-refractivity contribution in [3.63, 3.8) is 0 Å². The molecule has 0 aromatic carbocycles. The number of aromatic nitrogens is 3. The molecule has 0 saturated carbocycles. The van der Waals surface area contributed by atoms with Gasteiger partial charge in [-0.25, -0.2) is 0 Å². The van der Waals surface area contributed by atoms with Crippen LogP contribution < -0.4 is 0 Å². The molecule has 0 N–H and O–H groups in total. The van der Waals surface area contributed by atoms with E-state index < -0.39 is 0 Å². The smallest absolute Gasteiger partial charge is 0.146 e. The van der Waals surface area contributed by atoms with Crippen LogP contribution in [-0.4, -0.2) is 71.0 Å². The van der Waals surface area contributed by atoms with Crippen LogP contribution in [0.1, 0.15) is 30.4 Å². The monoisotopic (exact) mass is 279 g/mol. The lowest BCUT2D eigenvalue weighted by molar-refractivity contribution is 0.0326. The summed E-state index contributed by atoms with van der Waals surface area (Å²) in [4.78, 5) is 4.79. The predicted octanol–water partition coefficient (Wildman–Crippen LogP) is 0.457. The Balaban J connectivity index is 1.67. The third-order valence-corrected chi connectivity index (χ3v) is 4.46. The SMILES string of the molecule is CN1CCC[C@@H](c2nnc(CN3CCOCC3)n2C)C1. The van der Waals surface area contributed by atoms with Crippen molar-refractivity contribution >= 4 is 0 Å². The van der Waals surface area contributed by atoms with Crippen molar-refractivity contribution in [2.75, 3.05) is 46.4 Å².